The van der Waals surface area contributed by atoms with Crippen molar-refractivity contribution in [3.8, 4) is 5.06 Å². The van der Waals surface area contributed by atoms with Crippen LogP contribution in [-0.4, -0.2) is 6.61 Å². The first-order valence-electron chi connectivity index (χ1n) is 3.02. The van der Waals surface area contributed by atoms with E-state index < -0.39 is 0 Å². The Bertz CT molecular complexity index is 282. The van der Waals surface area contributed by atoms with Crippen LogP contribution in [0.5, 0.6) is 5.06 Å². The minimum absolute atomic E-state index is 0. The van der Waals surface area contributed by atoms with Gasteiger partial charge < -0.3 is 10.5 Å². The Morgan fingerprint density at radius 1 is 1.55 bits per heavy atom. The molecule has 0 amide bonds. The van der Waals surface area contributed by atoms with E-state index in [0.717, 1.165) is 16.3 Å². The second kappa shape index (κ2) is 3.15. The van der Waals surface area contributed by atoms with Crippen molar-refractivity contribution < 1.29 is 4.74 Å². The molecule has 2 N–H and O–H groups in total. The first-order valence-corrected chi connectivity index (χ1v) is 3.90. The molecular weight excluding hydrogens is 182 g/mol. The minimum atomic E-state index is 0. The molecule has 2 heterocycles. The van der Waals surface area contributed by atoms with Gasteiger partial charge in [-0.05, 0) is 17.5 Å². The van der Waals surface area contributed by atoms with Crippen molar-refractivity contribution in [3.63, 3.8) is 0 Å². The third kappa shape index (κ3) is 1.49. The van der Waals surface area contributed by atoms with Crippen molar-refractivity contribution in [3.05, 3.63) is 22.7 Å². The fourth-order valence-corrected chi connectivity index (χ4v) is 1.65. The molecule has 0 spiro atoms. The van der Waals surface area contributed by atoms with Gasteiger partial charge in [0, 0.05) is 11.3 Å². The molecule has 0 radical (unpaired) electrons. The average molecular weight is 190 g/mol. The van der Waals surface area contributed by atoms with Gasteiger partial charge >= 0.3 is 0 Å². The maximum Gasteiger partial charge on any atom is 0.181 e. The molecule has 0 unspecified atom stereocenters. The molecule has 0 saturated carbocycles. The van der Waals surface area contributed by atoms with Gasteiger partial charge in [0.05, 0.1) is 0 Å². The second-order valence-corrected chi connectivity index (χ2v) is 3.05. The summed E-state index contributed by atoms with van der Waals surface area (Å²) in [5.74, 6) is 0. The maximum absolute atomic E-state index is 5.55. The van der Waals surface area contributed by atoms with Crippen LogP contribution in [-0.2, 0) is 0 Å². The molecule has 1 aromatic rings. The van der Waals surface area contributed by atoms with Gasteiger partial charge in [0.2, 0.25) is 0 Å². The standard InChI is InChI=1S/C7H7NOS.ClH/c8-6-3-5-1-2-10-7(5)9-4-6;/h1-3H,4,8H2;1H. The molecule has 1 aliphatic heterocycles. The van der Waals surface area contributed by atoms with E-state index in [-0.39, 0.29) is 12.4 Å². The van der Waals surface area contributed by atoms with Gasteiger partial charge in [-0.2, -0.15) is 0 Å². The molecule has 4 heteroatoms. The van der Waals surface area contributed by atoms with Crippen molar-refractivity contribution in [2.75, 3.05) is 6.61 Å². The monoisotopic (exact) mass is 189 g/mol. The van der Waals surface area contributed by atoms with Gasteiger partial charge in [-0.15, -0.1) is 23.7 Å². The summed E-state index contributed by atoms with van der Waals surface area (Å²) in [7, 11) is 0. The van der Waals surface area contributed by atoms with Crippen LogP contribution < -0.4 is 10.5 Å². The van der Waals surface area contributed by atoms with E-state index in [9.17, 15) is 0 Å². The van der Waals surface area contributed by atoms with Gasteiger partial charge in [0.25, 0.3) is 0 Å². The lowest BCUT2D eigenvalue weighted by Gasteiger charge is -2.10. The van der Waals surface area contributed by atoms with Crippen LogP contribution >= 0.6 is 23.7 Å². The van der Waals surface area contributed by atoms with Gasteiger partial charge in [0.1, 0.15) is 6.61 Å². The van der Waals surface area contributed by atoms with E-state index in [1.807, 2.05) is 17.5 Å². The van der Waals surface area contributed by atoms with Crippen LogP contribution in [0.2, 0.25) is 0 Å². The quantitative estimate of drug-likeness (QED) is 0.676. The van der Waals surface area contributed by atoms with E-state index in [1.165, 1.54) is 0 Å². The third-order valence-electron chi connectivity index (χ3n) is 1.37. The highest BCUT2D eigenvalue weighted by Crippen LogP contribution is 2.30. The summed E-state index contributed by atoms with van der Waals surface area (Å²) >= 11 is 1.61. The van der Waals surface area contributed by atoms with Gasteiger partial charge in [-0.1, -0.05) is 0 Å². The molecular formula is C7H8ClNOS. The van der Waals surface area contributed by atoms with Crippen LogP contribution in [0.15, 0.2) is 17.1 Å². The topological polar surface area (TPSA) is 35.2 Å². The smallest absolute Gasteiger partial charge is 0.181 e. The molecule has 2 rings (SSSR count). The van der Waals surface area contributed by atoms with Crippen LogP contribution in [0, 0.1) is 0 Å². The summed E-state index contributed by atoms with van der Waals surface area (Å²) in [6.45, 7) is 0.535. The number of hydrogen-bond acceptors (Lipinski definition) is 3. The van der Waals surface area contributed by atoms with E-state index in [4.69, 9.17) is 10.5 Å². The summed E-state index contributed by atoms with van der Waals surface area (Å²) in [6, 6.07) is 2.01. The molecule has 60 valence electrons. The normalized spacial score (nSPS) is 14.0. The Hall–Kier alpha value is -0.670. The van der Waals surface area contributed by atoms with Crippen molar-refractivity contribution in [2.45, 2.75) is 0 Å². The summed E-state index contributed by atoms with van der Waals surface area (Å²) in [6.07, 6.45) is 1.95. The minimum Gasteiger partial charge on any atom is -0.477 e. The van der Waals surface area contributed by atoms with E-state index in [0.29, 0.717) is 6.61 Å². The number of ether oxygens (including phenoxy) is 1. The zero-order valence-electron chi connectivity index (χ0n) is 5.74. The highest BCUT2D eigenvalue weighted by Gasteiger charge is 2.08. The van der Waals surface area contributed by atoms with Crippen LogP contribution in [0.3, 0.4) is 0 Å². The predicted octanol–water partition coefficient (Wildman–Crippen LogP) is 1.86. The van der Waals surface area contributed by atoms with Crippen LogP contribution in [0.4, 0.5) is 0 Å². The Kier molecular flexibility index (Phi) is 2.42. The lowest BCUT2D eigenvalue weighted by Crippen LogP contribution is -2.11. The number of fused-ring (bicyclic) bond motifs is 1. The van der Waals surface area contributed by atoms with E-state index in [1.54, 1.807) is 11.3 Å². The largest absolute Gasteiger partial charge is 0.477 e. The van der Waals surface area contributed by atoms with Crippen molar-refractivity contribution in [1.29, 1.82) is 0 Å². The Morgan fingerprint density at radius 2 is 2.36 bits per heavy atom. The van der Waals surface area contributed by atoms with E-state index >= 15 is 0 Å². The van der Waals surface area contributed by atoms with Crippen LogP contribution in [0.1, 0.15) is 5.56 Å². The lowest BCUT2D eigenvalue weighted by atomic mass is 10.2. The van der Waals surface area contributed by atoms with E-state index in [2.05, 4.69) is 0 Å². The predicted molar refractivity (Wildman–Crippen MR) is 49.2 cm³/mol. The second-order valence-electron chi connectivity index (χ2n) is 2.17. The molecule has 0 aromatic carbocycles. The van der Waals surface area contributed by atoms with Crippen molar-refractivity contribution in [2.24, 2.45) is 5.73 Å². The number of rotatable bonds is 0. The molecule has 11 heavy (non-hydrogen) atoms. The summed E-state index contributed by atoms with van der Waals surface area (Å²) in [5, 5.41) is 2.98. The fourth-order valence-electron chi connectivity index (χ4n) is 0.920. The van der Waals surface area contributed by atoms with Gasteiger partial charge in [-0.3, -0.25) is 0 Å². The average Bonchev–Trinajstić information content (AvgIpc) is 2.33. The summed E-state index contributed by atoms with van der Waals surface area (Å²) < 4.78 is 5.30. The zero-order chi connectivity index (χ0) is 6.97. The summed E-state index contributed by atoms with van der Waals surface area (Å²) in [4.78, 5) is 0. The maximum atomic E-state index is 5.55. The first-order chi connectivity index (χ1) is 4.86. The van der Waals surface area contributed by atoms with Crippen molar-refractivity contribution in [1.82, 2.24) is 0 Å². The molecule has 0 bridgehead atoms. The first kappa shape index (κ1) is 8.43. The highest BCUT2D eigenvalue weighted by atomic mass is 35.5. The number of halogens is 1. The van der Waals surface area contributed by atoms with Gasteiger partial charge in [0.15, 0.2) is 5.06 Å². The SMILES string of the molecule is Cl.NC1=Cc2ccsc2OC1. The fraction of sp³-hybridized carbons (Fsp3) is 0.143. The number of thiophene rings is 1. The summed E-state index contributed by atoms with van der Waals surface area (Å²) in [5.41, 5.74) is 7.45. The Morgan fingerprint density at radius 3 is 3.18 bits per heavy atom. The molecule has 1 aromatic heterocycles. The van der Waals surface area contributed by atoms with Crippen molar-refractivity contribution >= 4 is 29.8 Å². The molecule has 0 fully saturated rings. The highest BCUT2D eigenvalue weighted by molar-refractivity contribution is 7.12. The van der Waals surface area contributed by atoms with Gasteiger partial charge in [-0.25, -0.2) is 0 Å². The lowest BCUT2D eigenvalue weighted by molar-refractivity contribution is 0.356. The molecule has 2 nitrogen and oxygen atoms in total. The Labute approximate surface area is 75.1 Å². The van der Waals surface area contributed by atoms with Crippen LogP contribution in [0.25, 0.3) is 6.08 Å². The Balaban J connectivity index is 0.000000605. The molecule has 0 saturated heterocycles. The third-order valence-corrected chi connectivity index (χ3v) is 2.21. The molecule has 0 atom stereocenters. The molecule has 0 aliphatic carbocycles. The number of nitrogens with two attached hydrogens (primary N) is 1. The zero-order valence-corrected chi connectivity index (χ0v) is 7.37. The molecule has 1 aliphatic rings. The number of hydrogen-bond donors (Lipinski definition) is 1.